The number of halogens is 2. The maximum atomic E-state index is 13.1. The number of carbonyl (C=O) groups excluding carboxylic acids is 2. The maximum absolute atomic E-state index is 13.1. The summed E-state index contributed by atoms with van der Waals surface area (Å²) in [4.78, 5) is 27.7. The van der Waals surface area contributed by atoms with E-state index in [0.717, 1.165) is 12.1 Å². The molecule has 0 unspecified atom stereocenters. The van der Waals surface area contributed by atoms with E-state index in [1.165, 1.54) is 6.20 Å². The van der Waals surface area contributed by atoms with E-state index in [2.05, 4.69) is 20.8 Å². The fraction of sp³-hybridized carbons (Fsp3) is 0.125. The number of rotatable bonds is 4. The summed E-state index contributed by atoms with van der Waals surface area (Å²) in [5, 5.41) is 9.23. The van der Waals surface area contributed by atoms with Crippen LogP contribution in [0.15, 0.2) is 35.0 Å². The highest BCUT2D eigenvalue weighted by Crippen LogP contribution is 2.19. The van der Waals surface area contributed by atoms with Crippen LogP contribution in [0.1, 0.15) is 16.1 Å². The number of benzene rings is 1. The topological polar surface area (TPSA) is 97.1 Å². The molecule has 2 amide bonds. The summed E-state index contributed by atoms with van der Waals surface area (Å²) in [7, 11) is 0. The number of hydrogen-bond acceptors (Lipinski definition) is 5. The first-order chi connectivity index (χ1) is 11.9. The zero-order chi connectivity index (χ0) is 18.0. The number of aryl methyl sites for hydroxylation is 1. The van der Waals surface area contributed by atoms with Crippen molar-refractivity contribution in [3.05, 3.63) is 53.4 Å². The average molecular weight is 346 g/mol. The van der Waals surface area contributed by atoms with Crippen molar-refractivity contribution in [2.45, 2.75) is 6.92 Å². The number of nitrogens with zero attached hydrogens (tertiary/aromatic N) is 2. The Morgan fingerprint density at radius 1 is 1.16 bits per heavy atom. The van der Waals surface area contributed by atoms with Crippen LogP contribution in [0.2, 0.25) is 0 Å². The lowest BCUT2D eigenvalue weighted by molar-refractivity contribution is -0.115. The van der Waals surface area contributed by atoms with E-state index in [1.807, 2.05) is 0 Å². The SMILES string of the molecule is Cc1noc2ncc(NC(=O)CNC(=O)c3cc(F)cc(F)c3)cc12. The van der Waals surface area contributed by atoms with E-state index in [-0.39, 0.29) is 12.1 Å². The lowest BCUT2D eigenvalue weighted by Crippen LogP contribution is -2.33. The predicted molar refractivity (Wildman–Crippen MR) is 83.9 cm³/mol. The lowest BCUT2D eigenvalue weighted by Gasteiger charge is -2.07. The summed E-state index contributed by atoms with van der Waals surface area (Å²) in [6.07, 6.45) is 1.38. The third-order valence-corrected chi connectivity index (χ3v) is 3.33. The van der Waals surface area contributed by atoms with Crippen LogP contribution >= 0.6 is 0 Å². The summed E-state index contributed by atoms with van der Waals surface area (Å²) in [6, 6.07) is 4.04. The van der Waals surface area contributed by atoms with Crippen molar-refractivity contribution in [2.24, 2.45) is 0 Å². The van der Waals surface area contributed by atoms with Gasteiger partial charge in [-0.05, 0) is 25.1 Å². The Morgan fingerprint density at radius 2 is 1.88 bits per heavy atom. The molecule has 0 aliphatic heterocycles. The molecule has 3 aromatic rings. The molecule has 0 saturated heterocycles. The van der Waals surface area contributed by atoms with Crippen molar-refractivity contribution in [3.63, 3.8) is 0 Å². The van der Waals surface area contributed by atoms with E-state index in [4.69, 9.17) is 4.52 Å². The molecule has 3 rings (SSSR count). The van der Waals surface area contributed by atoms with Crippen LogP contribution in [0.3, 0.4) is 0 Å². The number of nitrogens with one attached hydrogen (secondary N) is 2. The van der Waals surface area contributed by atoms with Gasteiger partial charge in [-0.15, -0.1) is 0 Å². The van der Waals surface area contributed by atoms with Gasteiger partial charge in [0.05, 0.1) is 29.5 Å². The van der Waals surface area contributed by atoms with E-state index in [0.29, 0.717) is 28.5 Å². The van der Waals surface area contributed by atoms with Crippen LogP contribution in [0, 0.1) is 18.6 Å². The Kier molecular flexibility index (Phi) is 4.38. The molecule has 2 N–H and O–H groups in total. The van der Waals surface area contributed by atoms with Gasteiger partial charge in [-0.3, -0.25) is 9.59 Å². The highest BCUT2D eigenvalue weighted by atomic mass is 19.1. The van der Waals surface area contributed by atoms with Crippen LogP contribution in [-0.2, 0) is 4.79 Å². The summed E-state index contributed by atoms with van der Waals surface area (Å²) >= 11 is 0. The fourth-order valence-electron chi connectivity index (χ4n) is 2.17. The Hall–Kier alpha value is -3.36. The second-order valence-electron chi connectivity index (χ2n) is 5.23. The molecule has 0 saturated carbocycles. The molecule has 0 aliphatic carbocycles. The second kappa shape index (κ2) is 6.63. The van der Waals surface area contributed by atoms with E-state index < -0.39 is 23.4 Å². The Morgan fingerprint density at radius 3 is 2.60 bits per heavy atom. The quantitative estimate of drug-likeness (QED) is 0.755. The molecule has 128 valence electrons. The number of pyridine rings is 1. The van der Waals surface area contributed by atoms with Gasteiger partial charge >= 0.3 is 0 Å². The molecular formula is C16H12F2N4O3. The number of amides is 2. The minimum atomic E-state index is -0.877. The Bertz CT molecular complexity index is 951. The minimum Gasteiger partial charge on any atom is -0.343 e. The molecule has 0 atom stereocenters. The molecule has 0 fully saturated rings. The van der Waals surface area contributed by atoms with Crippen LogP contribution in [0.4, 0.5) is 14.5 Å². The fourth-order valence-corrected chi connectivity index (χ4v) is 2.17. The molecular weight excluding hydrogens is 334 g/mol. The van der Waals surface area contributed by atoms with Crippen molar-refractivity contribution in [1.82, 2.24) is 15.5 Å². The standard InChI is InChI=1S/C16H12F2N4O3/c1-8-13-5-12(6-20-16(13)25-22-8)21-14(23)7-19-15(24)9-2-10(17)4-11(18)3-9/h2-6H,7H2,1H3,(H,19,24)(H,21,23). The van der Waals surface area contributed by atoms with Gasteiger partial charge in [-0.1, -0.05) is 5.16 Å². The van der Waals surface area contributed by atoms with Crippen LogP contribution in [0.5, 0.6) is 0 Å². The highest BCUT2D eigenvalue weighted by Gasteiger charge is 2.12. The summed E-state index contributed by atoms with van der Waals surface area (Å²) in [5.74, 6) is -3.05. The molecule has 1 aromatic carbocycles. The van der Waals surface area contributed by atoms with E-state index in [9.17, 15) is 18.4 Å². The van der Waals surface area contributed by atoms with Gasteiger partial charge in [0, 0.05) is 11.6 Å². The molecule has 0 spiro atoms. The molecule has 2 aromatic heterocycles. The number of hydrogen-bond donors (Lipinski definition) is 2. The van der Waals surface area contributed by atoms with Gasteiger partial charge in [0.15, 0.2) is 0 Å². The third-order valence-electron chi connectivity index (χ3n) is 3.33. The molecule has 25 heavy (non-hydrogen) atoms. The number of aromatic nitrogens is 2. The number of anilines is 1. The first-order valence-electron chi connectivity index (χ1n) is 7.18. The van der Waals surface area contributed by atoms with E-state index >= 15 is 0 Å². The van der Waals surface area contributed by atoms with Crippen LogP contribution in [0.25, 0.3) is 11.1 Å². The minimum absolute atomic E-state index is 0.214. The largest absolute Gasteiger partial charge is 0.343 e. The predicted octanol–water partition coefficient (Wildman–Crippen LogP) is 2.18. The average Bonchev–Trinajstić information content (AvgIpc) is 2.92. The molecule has 7 nitrogen and oxygen atoms in total. The van der Waals surface area contributed by atoms with Gasteiger partial charge in [-0.2, -0.15) is 0 Å². The summed E-state index contributed by atoms with van der Waals surface area (Å²) in [5.41, 5.74) is 1.15. The smallest absolute Gasteiger partial charge is 0.258 e. The van der Waals surface area contributed by atoms with Gasteiger partial charge in [0.1, 0.15) is 11.6 Å². The molecule has 0 radical (unpaired) electrons. The molecule has 0 bridgehead atoms. The molecule has 2 heterocycles. The van der Waals surface area contributed by atoms with Gasteiger partial charge < -0.3 is 15.2 Å². The maximum Gasteiger partial charge on any atom is 0.258 e. The third kappa shape index (κ3) is 3.77. The van der Waals surface area contributed by atoms with Gasteiger partial charge in [0.25, 0.3) is 11.6 Å². The Labute approximate surface area is 140 Å². The van der Waals surface area contributed by atoms with Gasteiger partial charge in [0.2, 0.25) is 5.91 Å². The zero-order valence-corrected chi connectivity index (χ0v) is 13.0. The Balaban J connectivity index is 1.61. The number of fused-ring (bicyclic) bond motifs is 1. The monoisotopic (exact) mass is 346 g/mol. The molecule has 9 heteroatoms. The van der Waals surface area contributed by atoms with Crippen LogP contribution in [-0.4, -0.2) is 28.5 Å². The second-order valence-corrected chi connectivity index (χ2v) is 5.23. The van der Waals surface area contributed by atoms with Crippen molar-refractivity contribution >= 4 is 28.6 Å². The zero-order valence-electron chi connectivity index (χ0n) is 13.0. The number of carbonyl (C=O) groups is 2. The van der Waals surface area contributed by atoms with Gasteiger partial charge in [-0.25, -0.2) is 13.8 Å². The summed E-state index contributed by atoms with van der Waals surface area (Å²) in [6.45, 7) is 1.36. The summed E-state index contributed by atoms with van der Waals surface area (Å²) < 4.78 is 31.1. The highest BCUT2D eigenvalue weighted by molar-refractivity contribution is 5.99. The van der Waals surface area contributed by atoms with Crippen molar-refractivity contribution in [2.75, 3.05) is 11.9 Å². The van der Waals surface area contributed by atoms with Crippen molar-refractivity contribution < 1.29 is 22.9 Å². The van der Waals surface area contributed by atoms with Crippen molar-refractivity contribution in [3.8, 4) is 0 Å². The van der Waals surface area contributed by atoms with Crippen LogP contribution < -0.4 is 10.6 Å². The lowest BCUT2D eigenvalue weighted by atomic mass is 10.2. The normalized spacial score (nSPS) is 10.7. The first kappa shape index (κ1) is 16.5. The van der Waals surface area contributed by atoms with E-state index in [1.54, 1.807) is 13.0 Å². The first-order valence-corrected chi connectivity index (χ1v) is 7.18. The van der Waals surface area contributed by atoms with Crippen molar-refractivity contribution in [1.29, 1.82) is 0 Å². The molecule has 0 aliphatic rings.